The molecule has 5 nitrogen and oxygen atoms in total. The van der Waals surface area contributed by atoms with Gasteiger partial charge in [-0.15, -0.1) is 0 Å². The van der Waals surface area contributed by atoms with Crippen LogP contribution in [0.3, 0.4) is 0 Å². The molecule has 0 aromatic heterocycles. The molecule has 0 saturated carbocycles. The Balaban J connectivity index is 3.67. The number of hydrogen-bond donors (Lipinski definition) is 3. The highest BCUT2D eigenvalue weighted by molar-refractivity contribution is 5.75. The molecule has 1 amide bonds. The number of nitrogens with one attached hydrogen (secondary N) is 1. The Labute approximate surface area is 91.0 Å². The minimum absolute atomic E-state index is 0.0712. The van der Waals surface area contributed by atoms with Gasteiger partial charge in [0.15, 0.2) is 0 Å². The summed E-state index contributed by atoms with van der Waals surface area (Å²) in [4.78, 5) is 11.2. The van der Waals surface area contributed by atoms with E-state index in [1.54, 1.807) is 14.0 Å². The first kappa shape index (κ1) is 14.3. The number of rotatable bonds is 8. The third-order valence-electron chi connectivity index (χ3n) is 2.12. The predicted molar refractivity (Wildman–Crippen MR) is 58.4 cm³/mol. The van der Waals surface area contributed by atoms with Gasteiger partial charge in [0.1, 0.15) is 0 Å². The minimum Gasteiger partial charge on any atom is -0.388 e. The van der Waals surface area contributed by atoms with Crippen LogP contribution in [0.2, 0.25) is 0 Å². The fraction of sp³-hybridized carbons (Fsp3) is 0.900. The predicted octanol–water partition coefficient (Wildman–Crippen LogP) is -0.371. The van der Waals surface area contributed by atoms with Crippen LogP contribution in [-0.4, -0.2) is 43.4 Å². The van der Waals surface area contributed by atoms with Gasteiger partial charge in [-0.3, -0.25) is 4.79 Å². The molecule has 1 unspecified atom stereocenters. The molecule has 0 aliphatic heterocycles. The van der Waals surface area contributed by atoms with Crippen LogP contribution in [0, 0.1) is 0 Å². The van der Waals surface area contributed by atoms with Crippen molar-refractivity contribution in [3.8, 4) is 0 Å². The zero-order valence-corrected chi connectivity index (χ0v) is 9.58. The average molecular weight is 218 g/mol. The van der Waals surface area contributed by atoms with Crippen molar-refractivity contribution in [1.29, 1.82) is 0 Å². The number of carbonyl (C=O) groups is 1. The highest BCUT2D eigenvalue weighted by atomic mass is 16.5. The molecule has 0 fully saturated rings. The molecule has 0 rings (SSSR count). The Kier molecular flexibility index (Phi) is 7.29. The number of nitrogens with two attached hydrogens (primary N) is 1. The van der Waals surface area contributed by atoms with E-state index >= 15 is 0 Å². The molecule has 0 radical (unpaired) electrons. The molecule has 90 valence electrons. The molecule has 0 bridgehead atoms. The second kappa shape index (κ2) is 7.62. The summed E-state index contributed by atoms with van der Waals surface area (Å²) in [6.45, 7) is 2.91. The highest BCUT2D eigenvalue weighted by Gasteiger charge is 2.20. The van der Waals surface area contributed by atoms with Crippen LogP contribution in [0.4, 0.5) is 0 Å². The van der Waals surface area contributed by atoms with Crippen molar-refractivity contribution < 1.29 is 14.6 Å². The van der Waals surface area contributed by atoms with Crippen molar-refractivity contribution in [2.45, 2.75) is 31.8 Å². The first-order chi connectivity index (χ1) is 7.02. The molecule has 0 aromatic rings. The zero-order chi connectivity index (χ0) is 11.7. The lowest BCUT2D eigenvalue weighted by Gasteiger charge is -2.23. The van der Waals surface area contributed by atoms with Gasteiger partial charge in [0.05, 0.1) is 5.60 Å². The standard InChI is InChI=1S/C10H22N2O3/c1-10(14,5-7-15-2)8-12-9(13)4-3-6-11/h14H,3-8,11H2,1-2H3,(H,12,13). The molecule has 0 aliphatic rings. The summed E-state index contributed by atoms with van der Waals surface area (Å²) >= 11 is 0. The van der Waals surface area contributed by atoms with Crippen molar-refractivity contribution >= 4 is 5.91 Å². The molecule has 0 saturated heterocycles. The van der Waals surface area contributed by atoms with Crippen molar-refractivity contribution in [3.05, 3.63) is 0 Å². The Hall–Kier alpha value is -0.650. The van der Waals surface area contributed by atoms with E-state index in [4.69, 9.17) is 10.5 Å². The van der Waals surface area contributed by atoms with E-state index in [1.807, 2.05) is 0 Å². The average Bonchev–Trinajstić information content (AvgIpc) is 2.21. The second-order valence-corrected chi connectivity index (χ2v) is 3.91. The molecular formula is C10H22N2O3. The van der Waals surface area contributed by atoms with Gasteiger partial charge in [-0.25, -0.2) is 0 Å². The maximum absolute atomic E-state index is 11.2. The van der Waals surface area contributed by atoms with Crippen LogP contribution < -0.4 is 11.1 Å². The topological polar surface area (TPSA) is 84.6 Å². The molecule has 4 N–H and O–H groups in total. The molecule has 1 atom stereocenters. The van der Waals surface area contributed by atoms with Gasteiger partial charge < -0.3 is 20.9 Å². The van der Waals surface area contributed by atoms with Crippen LogP contribution >= 0.6 is 0 Å². The van der Waals surface area contributed by atoms with Gasteiger partial charge in [0, 0.05) is 33.1 Å². The first-order valence-electron chi connectivity index (χ1n) is 5.20. The van der Waals surface area contributed by atoms with E-state index < -0.39 is 5.60 Å². The number of ether oxygens (including phenoxy) is 1. The van der Waals surface area contributed by atoms with Crippen molar-refractivity contribution in [2.75, 3.05) is 26.8 Å². The fourth-order valence-electron chi connectivity index (χ4n) is 1.05. The summed E-state index contributed by atoms with van der Waals surface area (Å²) in [5, 5.41) is 12.5. The van der Waals surface area contributed by atoms with Gasteiger partial charge in [-0.1, -0.05) is 0 Å². The smallest absolute Gasteiger partial charge is 0.220 e. The van der Waals surface area contributed by atoms with E-state index in [0.717, 1.165) is 0 Å². The molecule has 0 heterocycles. The molecule has 0 aliphatic carbocycles. The Morgan fingerprint density at radius 1 is 1.60 bits per heavy atom. The van der Waals surface area contributed by atoms with Gasteiger partial charge in [0.2, 0.25) is 5.91 Å². The highest BCUT2D eigenvalue weighted by Crippen LogP contribution is 2.07. The van der Waals surface area contributed by atoms with Crippen LogP contribution in [-0.2, 0) is 9.53 Å². The minimum atomic E-state index is -0.908. The number of amides is 1. The van der Waals surface area contributed by atoms with E-state index in [1.165, 1.54) is 0 Å². The van der Waals surface area contributed by atoms with E-state index in [2.05, 4.69) is 5.32 Å². The first-order valence-corrected chi connectivity index (χ1v) is 5.20. The summed E-state index contributed by atoms with van der Waals surface area (Å²) in [6, 6.07) is 0. The maximum atomic E-state index is 11.2. The molecule has 15 heavy (non-hydrogen) atoms. The van der Waals surface area contributed by atoms with Gasteiger partial charge in [0.25, 0.3) is 0 Å². The quantitative estimate of drug-likeness (QED) is 0.519. The number of hydrogen-bond acceptors (Lipinski definition) is 4. The lowest BCUT2D eigenvalue weighted by Crippen LogP contribution is -2.41. The number of aliphatic hydroxyl groups is 1. The normalized spacial score (nSPS) is 14.7. The Morgan fingerprint density at radius 3 is 2.80 bits per heavy atom. The largest absolute Gasteiger partial charge is 0.388 e. The van der Waals surface area contributed by atoms with Crippen molar-refractivity contribution in [3.63, 3.8) is 0 Å². The van der Waals surface area contributed by atoms with Gasteiger partial charge in [-0.05, 0) is 19.9 Å². The summed E-state index contributed by atoms with van der Waals surface area (Å²) in [7, 11) is 1.58. The summed E-state index contributed by atoms with van der Waals surface area (Å²) in [5.41, 5.74) is 4.37. The van der Waals surface area contributed by atoms with Crippen LogP contribution in [0.25, 0.3) is 0 Å². The third kappa shape index (κ3) is 8.35. The van der Waals surface area contributed by atoms with E-state index in [-0.39, 0.29) is 12.5 Å². The Morgan fingerprint density at radius 2 is 2.27 bits per heavy atom. The molecule has 5 heteroatoms. The zero-order valence-electron chi connectivity index (χ0n) is 9.58. The molecular weight excluding hydrogens is 196 g/mol. The molecule has 0 spiro atoms. The van der Waals surface area contributed by atoms with Crippen molar-refractivity contribution in [2.24, 2.45) is 5.73 Å². The summed E-state index contributed by atoms with van der Waals surface area (Å²) < 4.78 is 4.86. The van der Waals surface area contributed by atoms with E-state index in [0.29, 0.717) is 32.4 Å². The lowest BCUT2D eigenvalue weighted by molar-refractivity contribution is -0.122. The second-order valence-electron chi connectivity index (χ2n) is 3.91. The van der Waals surface area contributed by atoms with Crippen LogP contribution in [0.5, 0.6) is 0 Å². The molecule has 0 aromatic carbocycles. The number of carbonyl (C=O) groups excluding carboxylic acids is 1. The van der Waals surface area contributed by atoms with Gasteiger partial charge in [-0.2, -0.15) is 0 Å². The summed E-state index contributed by atoms with van der Waals surface area (Å²) in [5.74, 6) is -0.0712. The number of methoxy groups -OCH3 is 1. The third-order valence-corrected chi connectivity index (χ3v) is 2.12. The Bertz CT molecular complexity index is 184. The summed E-state index contributed by atoms with van der Waals surface area (Å²) in [6.07, 6.45) is 1.59. The van der Waals surface area contributed by atoms with Crippen LogP contribution in [0.15, 0.2) is 0 Å². The maximum Gasteiger partial charge on any atom is 0.220 e. The van der Waals surface area contributed by atoms with E-state index in [9.17, 15) is 9.90 Å². The SMILES string of the molecule is COCCC(C)(O)CNC(=O)CCCN. The lowest BCUT2D eigenvalue weighted by atomic mass is 10.0. The van der Waals surface area contributed by atoms with Gasteiger partial charge >= 0.3 is 0 Å². The monoisotopic (exact) mass is 218 g/mol. The van der Waals surface area contributed by atoms with Crippen LogP contribution in [0.1, 0.15) is 26.2 Å². The fourth-order valence-corrected chi connectivity index (χ4v) is 1.05. The van der Waals surface area contributed by atoms with Crippen molar-refractivity contribution in [1.82, 2.24) is 5.32 Å².